The van der Waals surface area contributed by atoms with Crippen molar-refractivity contribution in [2.45, 2.75) is 50.4 Å². The minimum atomic E-state index is -0.291. The van der Waals surface area contributed by atoms with Crippen molar-refractivity contribution in [2.24, 2.45) is 23.0 Å². The molecule has 3 N–H and O–H groups in total. The summed E-state index contributed by atoms with van der Waals surface area (Å²) in [6.45, 7) is 0. The van der Waals surface area contributed by atoms with Crippen LogP contribution < -0.4 is 5.73 Å². The van der Waals surface area contributed by atoms with E-state index in [2.05, 4.69) is 0 Å². The number of aliphatic hydroxyl groups is 1. The Morgan fingerprint density at radius 2 is 2.13 bits per heavy atom. The number of ether oxygens (including phenoxy) is 1. The van der Waals surface area contributed by atoms with Crippen LogP contribution in [0.3, 0.4) is 0 Å². The molecule has 0 aliphatic heterocycles. The fourth-order valence-electron chi connectivity index (χ4n) is 4.57. The topological polar surface area (TPSA) is 55.5 Å². The molecule has 2 bridgehead atoms. The molecule has 3 saturated carbocycles. The van der Waals surface area contributed by atoms with Gasteiger partial charge in [-0.1, -0.05) is 0 Å². The van der Waals surface area contributed by atoms with Crippen molar-refractivity contribution in [3.05, 3.63) is 0 Å². The van der Waals surface area contributed by atoms with Gasteiger partial charge < -0.3 is 15.6 Å². The van der Waals surface area contributed by atoms with Crippen LogP contribution in [0.2, 0.25) is 0 Å². The van der Waals surface area contributed by atoms with E-state index in [0.29, 0.717) is 6.04 Å². The first-order chi connectivity index (χ1) is 7.17. The minimum Gasteiger partial charge on any atom is -0.390 e. The molecule has 0 saturated heterocycles. The zero-order chi connectivity index (χ0) is 10.6. The fraction of sp³-hybridized carbons (Fsp3) is 1.00. The third-order valence-corrected chi connectivity index (χ3v) is 5.36. The Balaban J connectivity index is 1.86. The van der Waals surface area contributed by atoms with Gasteiger partial charge in [0.05, 0.1) is 12.2 Å². The molecule has 15 heavy (non-hydrogen) atoms. The highest BCUT2D eigenvalue weighted by Crippen LogP contribution is 2.62. The molecule has 0 radical (unpaired) electrons. The Labute approximate surface area is 91.0 Å². The predicted molar refractivity (Wildman–Crippen MR) is 57.3 cm³/mol. The summed E-state index contributed by atoms with van der Waals surface area (Å²) in [5.74, 6) is 1.48. The van der Waals surface area contributed by atoms with Gasteiger partial charge in [0, 0.05) is 13.2 Å². The van der Waals surface area contributed by atoms with E-state index in [1.54, 1.807) is 7.11 Å². The lowest BCUT2D eigenvalue weighted by Gasteiger charge is -2.39. The van der Waals surface area contributed by atoms with Crippen LogP contribution in [-0.2, 0) is 4.74 Å². The number of methoxy groups -OCH3 is 1. The summed E-state index contributed by atoms with van der Waals surface area (Å²) in [5.41, 5.74) is 6.58. The van der Waals surface area contributed by atoms with E-state index in [1.807, 2.05) is 0 Å². The maximum absolute atomic E-state index is 9.98. The summed E-state index contributed by atoms with van der Waals surface area (Å²) in [6.07, 6.45) is 5.50. The molecule has 3 aliphatic rings. The smallest absolute Gasteiger partial charge is 0.0836 e. The van der Waals surface area contributed by atoms with Gasteiger partial charge >= 0.3 is 0 Å². The first-order valence-corrected chi connectivity index (χ1v) is 6.14. The molecule has 0 heterocycles. The molecule has 3 nitrogen and oxygen atoms in total. The van der Waals surface area contributed by atoms with E-state index in [-0.39, 0.29) is 17.6 Å². The molecule has 0 aromatic heterocycles. The molecule has 0 aromatic rings. The average Bonchev–Trinajstić information content (AvgIpc) is 2.85. The Hall–Kier alpha value is -0.120. The largest absolute Gasteiger partial charge is 0.390 e. The first-order valence-electron chi connectivity index (χ1n) is 6.14. The van der Waals surface area contributed by atoms with Crippen LogP contribution in [0, 0.1) is 17.3 Å². The lowest BCUT2D eigenvalue weighted by atomic mass is 9.69. The number of hydrogen-bond acceptors (Lipinski definition) is 3. The van der Waals surface area contributed by atoms with Crippen LogP contribution in [0.15, 0.2) is 0 Å². The second-order valence-corrected chi connectivity index (χ2v) is 5.78. The normalized spacial score (nSPS) is 58.2. The second-order valence-electron chi connectivity index (χ2n) is 5.78. The van der Waals surface area contributed by atoms with Gasteiger partial charge in [-0.25, -0.2) is 0 Å². The third kappa shape index (κ3) is 1.17. The van der Waals surface area contributed by atoms with Crippen molar-refractivity contribution in [3.63, 3.8) is 0 Å². The molecule has 3 heteroatoms. The van der Waals surface area contributed by atoms with Gasteiger partial charge in [0.1, 0.15) is 0 Å². The van der Waals surface area contributed by atoms with Gasteiger partial charge in [-0.2, -0.15) is 0 Å². The monoisotopic (exact) mass is 211 g/mol. The SMILES string of the molecule is CO[C@H]1CC2(C[C@@H]1O)[C@H]1CC[C@H](C1)[C@H]2N. The van der Waals surface area contributed by atoms with Gasteiger partial charge in [-0.3, -0.25) is 0 Å². The lowest BCUT2D eigenvalue weighted by Crippen LogP contribution is -2.45. The van der Waals surface area contributed by atoms with Crippen LogP contribution >= 0.6 is 0 Å². The van der Waals surface area contributed by atoms with Gasteiger partial charge in [0.25, 0.3) is 0 Å². The van der Waals surface area contributed by atoms with E-state index in [9.17, 15) is 5.11 Å². The fourth-order valence-corrected chi connectivity index (χ4v) is 4.57. The molecule has 86 valence electrons. The molecule has 3 aliphatic carbocycles. The summed E-state index contributed by atoms with van der Waals surface area (Å²) >= 11 is 0. The van der Waals surface area contributed by atoms with Gasteiger partial charge in [0.2, 0.25) is 0 Å². The predicted octanol–water partition coefficient (Wildman–Crippen LogP) is 0.900. The van der Waals surface area contributed by atoms with Crippen LogP contribution in [0.5, 0.6) is 0 Å². The summed E-state index contributed by atoms with van der Waals surface area (Å²) in [6, 6.07) is 0.311. The Kier molecular flexibility index (Phi) is 2.14. The van der Waals surface area contributed by atoms with Crippen molar-refractivity contribution >= 4 is 0 Å². The lowest BCUT2D eigenvalue weighted by molar-refractivity contribution is 0.00927. The quantitative estimate of drug-likeness (QED) is 0.677. The highest BCUT2D eigenvalue weighted by molar-refractivity contribution is 5.13. The van der Waals surface area contributed by atoms with E-state index in [4.69, 9.17) is 10.5 Å². The molecular weight excluding hydrogens is 190 g/mol. The van der Waals surface area contributed by atoms with Gasteiger partial charge in [0.15, 0.2) is 0 Å². The third-order valence-electron chi connectivity index (χ3n) is 5.36. The van der Waals surface area contributed by atoms with Crippen molar-refractivity contribution in [1.29, 1.82) is 0 Å². The number of nitrogens with two attached hydrogens (primary N) is 1. The van der Waals surface area contributed by atoms with Crippen molar-refractivity contribution in [3.8, 4) is 0 Å². The number of rotatable bonds is 1. The molecule has 1 spiro atoms. The summed E-state index contributed by atoms with van der Waals surface area (Å²) in [7, 11) is 1.70. The van der Waals surface area contributed by atoms with Crippen LogP contribution in [0.4, 0.5) is 0 Å². The Morgan fingerprint density at radius 3 is 2.67 bits per heavy atom. The average molecular weight is 211 g/mol. The van der Waals surface area contributed by atoms with E-state index in [0.717, 1.165) is 24.7 Å². The summed E-state index contributed by atoms with van der Waals surface area (Å²) in [4.78, 5) is 0. The zero-order valence-corrected chi connectivity index (χ0v) is 9.36. The molecule has 3 fully saturated rings. The first kappa shape index (κ1) is 10.1. The standard InChI is InChI=1S/C12H21NO2/c1-15-10-6-12(5-9(10)14)8-3-2-7(4-8)11(12)13/h7-11,14H,2-6,13H2,1H3/t7-,8+,9+,10+,11-,12?/m1/s1. The van der Waals surface area contributed by atoms with E-state index >= 15 is 0 Å². The molecule has 1 unspecified atom stereocenters. The van der Waals surface area contributed by atoms with Crippen molar-refractivity contribution in [2.75, 3.05) is 7.11 Å². The summed E-state index contributed by atoms with van der Waals surface area (Å²) in [5, 5.41) is 9.98. The zero-order valence-electron chi connectivity index (χ0n) is 9.36. The van der Waals surface area contributed by atoms with Crippen LogP contribution in [-0.4, -0.2) is 30.5 Å². The maximum Gasteiger partial charge on any atom is 0.0836 e. The van der Waals surface area contributed by atoms with Crippen LogP contribution in [0.1, 0.15) is 32.1 Å². The summed E-state index contributed by atoms with van der Waals surface area (Å²) < 4.78 is 5.36. The minimum absolute atomic E-state index is 0.0235. The molecule has 6 atom stereocenters. The van der Waals surface area contributed by atoms with Gasteiger partial charge in [-0.15, -0.1) is 0 Å². The molecule has 0 aromatic carbocycles. The second kappa shape index (κ2) is 3.19. The number of fused-ring (bicyclic) bond motifs is 3. The maximum atomic E-state index is 9.98. The van der Waals surface area contributed by atoms with E-state index in [1.165, 1.54) is 19.3 Å². The highest BCUT2D eigenvalue weighted by Gasteiger charge is 2.61. The van der Waals surface area contributed by atoms with Gasteiger partial charge in [-0.05, 0) is 49.4 Å². The van der Waals surface area contributed by atoms with E-state index < -0.39 is 0 Å². The highest BCUT2D eigenvalue weighted by atomic mass is 16.5. The van der Waals surface area contributed by atoms with Crippen molar-refractivity contribution in [1.82, 2.24) is 0 Å². The van der Waals surface area contributed by atoms with Crippen molar-refractivity contribution < 1.29 is 9.84 Å². The number of hydrogen-bond donors (Lipinski definition) is 2. The van der Waals surface area contributed by atoms with Crippen LogP contribution in [0.25, 0.3) is 0 Å². The Bertz CT molecular complexity index is 266. The number of aliphatic hydroxyl groups excluding tert-OH is 1. The molecular formula is C12H21NO2. The molecule has 3 rings (SSSR count). The Morgan fingerprint density at radius 1 is 1.33 bits per heavy atom. The molecule has 0 amide bonds.